The highest BCUT2D eigenvalue weighted by molar-refractivity contribution is 5.74. The summed E-state index contributed by atoms with van der Waals surface area (Å²) in [5.74, 6) is 0.912. The molecule has 2 aromatic rings. The van der Waals surface area contributed by atoms with Gasteiger partial charge in [-0.3, -0.25) is 4.90 Å². The van der Waals surface area contributed by atoms with Crippen LogP contribution in [0.25, 0.3) is 0 Å². The fourth-order valence-electron chi connectivity index (χ4n) is 4.87. The number of urea groups is 1. The predicted octanol–water partition coefficient (Wildman–Crippen LogP) is 5.15. The summed E-state index contributed by atoms with van der Waals surface area (Å²) >= 11 is 0. The fraction of sp³-hybridized carbons (Fsp3) is 0.519. The maximum absolute atomic E-state index is 15.3. The number of halogens is 2. The van der Waals surface area contributed by atoms with Crippen LogP contribution in [0.3, 0.4) is 0 Å². The minimum atomic E-state index is -1.11. The van der Waals surface area contributed by atoms with E-state index in [1.165, 1.54) is 12.1 Å². The number of fused-ring (bicyclic) bond motifs is 1. The third-order valence-corrected chi connectivity index (χ3v) is 6.72. The molecule has 1 N–H and O–H groups in total. The van der Waals surface area contributed by atoms with E-state index in [2.05, 4.69) is 24.1 Å². The lowest BCUT2D eigenvalue weighted by Crippen LogP contribution is -2.57. The van der Waals surface area contributed by atoms with Gasteiger partial charge in [-0.15, -0.1) is 0 Å². The van der Waals surface area contributed by atoms with Crippen molar-refractivity contribution in [2.45, 2.75) is 64.5 Å². The number of nitrogens with zero attached hydrogens (tertiary/aromatic N) is 2. The van der Waals surface area contributed by atoms with E-state index in [0.29, 0.717) is 38.1 Å². The number of alkyl halides is 1. The number of hydrogen-bond donors (Lipinski definition) is 1. The number of hydrogen-bond acceptors (Lipinski definition) is 3. The Balaban J connectivity index is 1.43. The van der Waals surface area contributed by atoms with Crippen LogP contribution in [-0.4, -0.2) is 53.8 Å². The van der Waals surface area contributed by atoms with Crippen molar-refractivity contribution in [2.75, 3.05) is 19.7 Å². The second-order valence-electron chi connectivity index (χ2n) is 9.87. The second kappa shape index (κ2) is 11.2. The molecule has 2 aliphatic rings. The first-order chi connectivity index (χ1) is 16.4. The van der Waals surface area contributed by atoms with Crippen LogP contribution in [0.5, 0.6) is 5.75 Å². The maximum Gasteiger partial charge on any atom is 0.318 e. The van der Waals surface area contributed by atoms with Crippen LogP contribution in [0.4, 0.5) is 13.6 Å². The third kappa shape index (κ3) is 6.26. The molecule has 34 heavy (non-hydrogen) atoms. The van der Waals surface area contributed by atoms with Crippen molar-refractivity contribution in [3.05, 3.63) is 65.5 Å². The molecule has 2 aromatic carbocycles. The number of rotatable bonds is 8. The Labute approximate surface area is 201 Å². The van der Waals surface area contributed by atoms with Crippen LogP contribution in [0.1, 0.15) is 44.2 Å². The summed E-state index contributed by atoms with van der Waals surface area (Å²) in [7, 11) is 0. The molecule has 2 saturated heterocycles. The number of nitrogens with one attached hydrogen (secondary N) is 1. The number of carbonyl (C=O) groups excluding carboxylic acids is 1. The van der Waals surface area contributed by atoms with Crippen LogP contribution in [0.2, 0.25) is 0 Å². The molecule has 4 rings (SSSR count). The first-order valence-electron chi connectivity index (χ1n) is 12.3. The largest absolute Gasteiger partial charge is 0.493 e. The molecular weight excluding hydrogens is 436 g/mol. The molecule has 2 amide bonds. The zero-order valence-corrected chi connectivity index (χ0v) is 20.1. The number of amides is 2. The molecule has 0 bridgehead atoms. The molecule has 0 radical (unpaired) electrons. The average molecular weight is 472 g/mol. The van der Waals surface area contributed by atoms with E-state index in [0.717, 1.165) is 36.3 Å². The van der Waals surface area contributed by atoms with E-state index in [4.69, 9.17) is 4.74 Å². The summed E-state index contributed by atoms with van der Waals surface area (Å²) in [4.78, 5) is 17.1. The van der Waals surface area contributed by atoms with E-state index in [1.54, 1.807) is 17.0 Å². The standard InChI is InChI=1S/C27H35F2N3O2/c1-19(2)18-34-24-11-7-20(8-12-24)15-30-27(33)32(16-21-5-9-22(28)10-6-21)26-14-23-4-3-13-31(23)17-25(26)29/h5-12,19,23,25-26H,3-4,13-18H2,1-2H3,(H,30,33)/t23-,25+,26+/m0/s1. The van der Waals surface area contributed by atoms with Gasteiger partial charge in [-0.1, -0.05) is 38.1 Å². The van der Waals surface area contributed by atoms with Crippen LogP contribution < -0.4 is 10.1 Å². The molecule has 0 spiro atoms. The number of piperidine rings is 1. The van der Waals surface area contributed by atoms with Crippen LogP contribution in [0, 0.1) is 11.7 Å². The summed E-state index contributed by atoms with van der Waals surface area (Å²) in [5.41, 5.74) is 1.72. The lowest BCUT2D eigenvalue weighted by atomic mass is 9.94. The van der Waals surface area contributed by atoms with Gasteiger partial charge in [-0.25, -0.2) is 13.6 Å². The summed E-state index contributed by atoms with van der Waals surface area (Å²) in [6, 6.07) is 13.2. The van der Waals surface area contributed by atoms with Gasteiger partial charge < -0.3 is 15.0 Å². The molecule has 2 heterocycles. The highest BCUT2D eigenvalue weighted by Crippen LogP contribution is 2.32. The van der Waals surface area contributed by atoms with Crippen LogP contribution >= 0.6 is 0 Å². The van der Waals surface area contributed by atoms with E-state index in [1.807, 2.05) is 24.3 Å². The summed E-state index contributed by atoms with van der Waals surface area (Å²) in [6.07, 6.45) is 1.63. The molecular formula is C27H35F2N3O2. The number of benzene rings is 2. The molecule has 3 atom stereocenters. The highest BCUT2D eigenvalue weighted by Gasteiger charge is 2.42. The van der Waals surface area contributed by atoms with Crippen LogP contribution in [0.15, 0.2) is 48.5 Å². The Hall–Kier alpha value is -2.67. The van der Waals surface area contributed by atoms with Crippen molar-refractivity contribution in [3.8, 4) is 5.75 Å². The van der Waals surface area contributed by atoms with Crippen molar-refractivity contribution in [2.24, 2.45) is 5.92 Å². The lowest BCUT2D eigenvalue weighted by Gasteiger charge is -2.42. The Morgan fingerprint density at radius 2 is 1.85 bits per heavy atom. The Morgan fingerprint density at radius 3 is 2.56 bits per heavy atom. The van der Waals surface area contributed by atoms with Crippen LogP contribution in [-0.2, 0) is 13.1 Å². The van der Waals surface area contributed by atoms with E-state index in [9.17, 15) is 9.18 Å². The van der Waals surface area contributed by atoms with Gasteiger partial charge in [0.05, 0.1) is 12.6 Å². The first kappa shape index (κ1) is 24.5. The smallest absolute Gasteiger partial charge is 0.318 e. The zero-order valence-electron chi connectivity index (χ0n) is 20.1. The second-order valence-corrected chi connectivity index (χ2v) is 9.87. The Bertz CT molecular complexity index is 936. The van der Waals surface area contributed by atoms with Gasteiger partial charge in [0.15, 0.2) is 0 Å². The Kier molecular flexibility index (Phi) is 8.03. The molecule has 7 heteroatoms. The average Bonchev–Trinajstić information content (AvgIpc) is 3.28. The predicted molar refractivity (Wildman–Crippen MR) is 129 cm³/mol. The van der Waals surface area contributed by atoms with Crippen molar-refractivity contribution in [1.29, 1.82) is 0 Å². The normalized spacial score (nSPS) is 22.4. The van der Waals surface area contributed by atoms with Gasteiger partial charge >= 0.3 is 6.03 Å². The third-order valence-electron chi connectivity index (χ3n) is 6.72. The van der Waals surface area contributed by atoms with Crippen molar-refractivity contribution in [3.63, 3.8) is 0 Å². The topological polar surface area (TPSA) is 44.8 Å². The fourth-order valence-corrected chi connectivity index (χ4v) is 4.87. The maximum atomic E-state index is 15.3. The van der Waals surface area contributed by atoms with Gasteiger partial charge in [0.1, 0.15) is 17.7 Å². The van der Waals surface area contributed by atoms with Gasteiger partial charge in [-0.2, -0.15) is 0 Å². The van der Waals surface area contributed by atoms with Gasteiger partial charge in [0.2, 0.25) is 0 Å². The van der Waals surface area contributed by atoms with E-state index in [-0.39, 0.29) is 18.4 Å². The molecule has 2 fully saturated rings. The summed E-state index contributed by atoms with van der Waals surface area (Å²) < 4.78 is 34.4. The monoisotopic (exact) mass is 471 g/mol. The highest BCUT2D eigenvalue weighted by atomic mass is 19.1. The molecule has 0 unspecified atom stereocenters. The van der Waals surface area contributed by atoms with E-state index < -0.39 is 12.2 Å². The number of carbonyl (C=O) groups is 1. The van der Waals surface area contributed by atoms with Gasteiger partial charge in [-0.05, 0) is 67.1 Å². The van der Waals surface area contributed by atoms with Gasteiger partial charge in [0.25, 0.3) is 0 Å². The molecule has 0 aromatic heterocycles. The molecule has 5 nitrogen and oxygen atoms in total. The van der Waals surface area contributed by atoms with Crippen molar-refractivity contribution < 1.29 is 18.3 Å². The van der Waals surface area contributed by atoms with Crippen molar-refractivity contribution >= 4 is 6.03 Å². The molecule has 0 saturated carbocycles. The molecule has 2 aliphatic heterocycles. The van der Waals surface area contributed by atoms with Crippen molar-refractivity contribution in [1.82, 2.24) is 15.1 Å². The minimum Gasteiger partial charge on any atom is -0.493 e. The zero-order chi connectivity index (χ0) is 24.1. The SMILES string of the molecule is CC(C)COc1ccc(CNC(=O)N(Cc2ccc(F)cc2)[C@@H]2C[C@@H]3CCCN3C[C@H]2F)cc1. The van der Waals surface area contributed by atoms with E-state index >= 15 is 4.39 Å². The quantitative estimate of drug-likeness (QED) is 0.579. The molecule has 0 aliphatic carbocycles. The Morgan fingerprint density at radius 1 is 1.15 bits per heavy atom. The molecule has 184 valence electrons. The number of ether oxygens (including phenoxy) is 1. The summed E-state index contributed by atoms with van der Waals surface area (Å²) in [6.45, 7) is 6.71. The first-order valence-corrected chi connectivity index (χ1v) is 12.3. The minimum absolute atomic E-state index is 0.242. The van der Waals surface area contributed by atoms with Gasteiger partial charge in [0, 0.05) is 25.7 Å². The lowest BCUT2D eigenvalue weighted by molar-refractivity contribution is 0.0311. The summed E-state index contributed by atoms with van der Waals surface area (Å²) in [5, 5.41) is 2.97.